The summed E-state index contributed by atoms with van der Waals surface area (Å²) in [6.07, 6.45) is 2.37. The topological polar surface area (TPSA) is 57.5 Å². The minimum Gasteiger partial charge on any atom is -0.477 e. The van der Waals surface area contributed by atoms with Gasteiger partial charge in [0.15, 0.2) is 0 Å². The Balaban J connectivity index is 1.66. The number of hydrogen-bond donors (Lipinski definition) is 2. The largest absolute Gasteiger partial charge is 0.477 e. The number of aromatic carboxylic acids is 1. The summed E-state index contributed by atoms with van der Waals surface area (Å²) in [6, 6.07) is 12.4. The lowest BCUT2D eigenvalue weighted by molar-refractivity contribution is 0.0684. The summed E-state index contributed by atoms with van der Waals surface area (Å²) in [5.41, 5.74) is 2.51. The average Bonchev–Trinajstić information content (AvgIpc) is 3.33. The van der Waals surface area contributed by atoms with Crippen LogP contribution < -0.4 is 5.32 Å². The molecule has 0 bridgehead atoms. The van der Waals surface area contributed by atoms with Crippen LogP contribution in [0.1, 0.15) is 41.4 Å². The number of likely N-dealkylation sites (N-methyl/N-ethyl adjacent to an activating group) is 1. The van der Waals surface area contributed by atoms with E-state index in [0.717, 1.165) is 42.5 Å². The Bertz CT molecular complexity index is 1100. The number of para-hydroxylation sites is 1. The van der Waals surface area contributed by atoms with E-state index < -0.39 is 11.8 Å². The van der Waals surface area contributed by atoms with E-state index in [1.54, 1.807) is 10.6 Å². The van der Waals surface area contributed by atoms with Gasteiger partial charge in [0.05, 0.1) is 0 Å². The maximum atomic E-state index is 13.5. The predicted octanol–water partition coefficient (Wildman–Crippen LogP) is 4.75. The maximum absolute atomic E-state index is 13.5. The number of halogens is 2. The Kier molecular flexibility index (Phi) is 6.60. The lowest BCUT2D eigenvalue weighted by atomic mass is 10.1. The van der Waals surface area contributed by atoms with E-state index in [1.807, 2.05) is 24.3 Å². The molecule has 0 saturated carbocycles. The lowest BCUT2D eigenvalue weighted by Gasteiger charge is -2.23. The van der Waals surface area contributed by atoms with Gasteiger partial charge >= 0.3 is 5.97 Å². The van der Waals surface area contributed by atoms with Gasteiger partial charge in [-0.2, -0.15) is 0 Å². The van der Waals surface area contributed by atoms with Crippen LogP contribution in [0.15, 0.2) is 42.5 Å². The standard InChI is InChI=1S/C24H27ClFN3O2/c1-2-28-11-5-6-18(28)13-27-14-20-19-7-3-4-8-22(19)29(23(20)24(30)31)15-16-9-10-17(26)12-21(16)25/h3-4,7-10,12,18,27H,2,5-6,11,13-15H2,1H3,(H,30,31)/t18-/m1/s1. The van der Waals surface area contributed by atoms with E-state index in [9.17, 15) is 14.3 Å². The summed E-state index contributed by atoms with van der Waals surface area (Å²) in [7, 11) is 0. The maximum Gasteiger partial charge on any atom is 0.352 e. The van der Waals surface area contributed by atoms with Crippen LogP contribution in [0.3, 0.4) is 0 Å². The molecule has 2 aromatic carbocycles. The van der Waals surface area contributed by atoms with Gasteiger partial charge in [-0.3, -0.25) is 4.90 Å². The van der Waals surface area contributed by atoms with Crippen LogP contribution in [0, 0.1) is 5.82 Å². The molecule has 2 N–H and O–H groups in total. The number of nitrogens with one attached hydrogen (secondary N) is 1. The first-order chi connectivity index (χ1) is 15.0. The van der Waals surface area contributed by atoms with Crippen LogP contribution in [-0.4, -0.2) is 46.2 Å². The van der Waals surface area contributed by atoms with Gasteiger partial charge in [0.25, 0.3) is 0 Å². The zero-order valence-electron chi connectivity index (χ0n) is 17.6. The van der Waals surface area contributed by atoms with Crippen molar-refractivity contribution in [2.75, 3.05) is 19.6 Å². The first-order valence-electron chi connectivity index (χ1n) is 10.7. The molecule has 1 atom stereocenters. The molecule has 0 radical (unpaired) electrons. The van der Waals surface area contributed by atoms with Crippen LogP contribution in [0.2, 0.25) is 5.02 Å². The Labute approximate surface area is 186 Å². The molecule has 164 valence electrons. The van der Waals surface area contributed by atoms with Crippen molar-refractivity contribution >= 4 is 28.5 Å². The van der Waals surface area contributed by atoms with Crippen LogP contribution in [0.4, 0.5) is 4.39 Å². The van der Waals surface area contributed by atoms with Crippen molar-refractivity contribution < 1.29 is 14.3 Å². The summed E-state index contributed by atoms with van der Waals surface area (Å²) >= 11 is 6.24. The summed E-state index contributed by atoms with van der Waals surface area (Å²) in [6.45, 7) is 5.89. The molecule has 1 fully saturated rings. The molecule has 4 rings (SSSR count). The van der Waals surface area contributed by atoms with Crippen molar-refractivity contribution in [3.05, 3.63) is 70.1 Å². The molecule has 0 unspecified atom stereocenters. The second-order valence-corrected chi connectivity index (χ2v) is 8.43. The highest BCUT2D eigenvalue weighted by atomic mass is 35.5. The quantitative estimate of drug-likeness (QED) is 0.527. The Morgan fingerprint density at radius 3 is 2.84 bits per heavy atom. The SMILES string of the molecule is CCN1CCC[C@@H]1CNCc1c(C(=O)O)n(Cc2ccc(F)cc2Cl)c2ccccc12. The molecule has 1 saturated heterocycles. The third-order valence-corrected chi connectivity index (χ3v) is 6.56. The summed E-state index contributed by atoms with van der Waals surface area (Å²) < 4.78 is 15.2. The molecule has 0 spiro atoms. The number of fused-ring (bicyclic) bond motifs is 1. The summed E-state index contributed by atoms with van der Waals surface area (Å²) in [4.78, 5) is 14.8. The molecule has 7 heteroatoms. The minimum atomic E-state index is -0.984. The molecule has 3 aromatic rings. The van der Waals surface area contributed by atoms with Gasteiger partial charge < -0.3 is 15.0 Å². The number of hydrogen-bond acceptors (Lipinski definition) is 3. The number of benzene rings is 2. The van der Waals surface area contributed by atoms with E-state index in [2.05, 4.69) is 17.1 Å². The summed E-state index contributed by atoms with van der Waals surface area (Å²) in [5.74, 6) is -1.40. The molecule has 1 aliphatic heterocycles. The number of carboxylic acids is 1. The fourth-order valence-corrected chi connectivity index (χ4v) is 4.92. The average molecular weight is 444 g/mol. The van der Waals surface area contributed by atoms with Gasteiger partial charge in [-0.05, 0) is 49.7 Å². The van der Waals surface area contributed by atoms with E-state index in [-0.39, 0.29) is 17.3 Å². The number of likely N-dealkylation sites (tertiary alicyclic amines) is 1. The third-order valence-electron chi connectivity index (χ3n) is 6.21. The number of rotatable bonds is 8. The van der Waals surface area contributed by atoms with Crippen molar-refractivity contribution in [2.24, 2.45) is 0 Å². The predicted molar refractivity (Wildman–Crippen MR) is 121 cm³/mol. The van der Waals surface area contributed by atoms with E-state index in [1.165, 1.54) is 18.6 Å². The molecule has 1 aromatic heterocycles. The molecular formula is C24H27ClFN3O2. The van der Waals surface area contributed by atoms with E-state index in [0.29, 0.717) is 18.2 Å². The van der Waals surface area contributed by atoms with Gasteiger partial charge in [-0.25, -0.2) is 9.18 Å². The van der Waals surface area contributed by atoms with Gasteiger partial charge in [0, 0.05) is 47.2 Å². The van der Waals surface area contributed by atoms with Crippen LogP contribution in [-0.2, 0) is 13.1 Å². The van der Waals surface area contributed by atoms with Crippen molar-refractivity contribution in [1.29, 1.82) is 0 Å². The van der Waals surface area contributed by atoms with Gasteiger partial charge in [0.1, 0.15) is 11.5 Å². The molecule has 1 aliphatic rings. The smallest absolute Gasteiger partial charge is 0.352 e. The zero-order valence-corrected chi connectivity index (χ0v) is 18.3. The number of aromatic nitrogens is 1. The van der Waals surface area contributed by atoms with Crippen LogP contribution in [0.25, 0.3) is 10.9 Å². The number of carboxylic acid groups (broad SMARTS) is 1. The second kappa shape index (κ2) is 9.39. The molecule has 2 heterocycles. The molecule has 0 amide bonds. The minimum absolute atomic E-state index is 0.243. The third kappa shape index (κ3) is 4.47. The van der Waals surface area contributed by atoms with Crippen molar-refractivity contribution in [1.82, 2.24) is 14.8 Å². The summed E-state index contributed by atoms with van der Waals surface area (Å²) in [5, 5.41) is 14.8. The number of carbonyl (C=O) groups is 1. The highest BCUT2D eigenvalue weighted by Gasteiger charge is 2.25. The first kappa shape index (κ1) is 21.8. The lowest BCUT2D eigenvalue weighted by Crippen LogP contribution is -2.37. The van der Waals surface area contributed by atoms with Gasteiger partial charge in [0.2, 0.25) is 0 Å². The first-order valence-corrected chi connectivity index (χ1v) is 11.1. The Morgan fingerprint density at radius 2 is 2.10 bits per heavy atom. The fraction of sp³-hybridized carbons (Fsp3) is 0.375. The van der Waals surface area contributed by atoms with Crippen LogP contribution in [0.5, 0.6) is 0 Å². The van der Waals surface area contributed by atoms with E-state index in [4.69, 9.17) is 11.6 Å². The van der Waals surface area contributed by atoms with Gasteiger partial charge in [-0.1, -0.05) is 42.8 Å². The van der Waals surface area contributed by atoms with Crippen LogP contribution >= 0.6 is 11.6 Å². The molecule has 5 nitrogen and oxygen atoms in total. The highest BCUT2D eigenvalue weighted by molar-refractivity contribution is 6.31. The highest BCUT2D eigenvalue weighted by Crippen LogP contribution is 2.29. The second-order valence-electron chi connectivity index (χ2n) is 8.03. The molecule has 31 heavy (non-hydrogen) atoms. The molecule has 0 aliphatic carbocycles. The van der Waals surface area contributed by atoms with Crippen molar-refractivity contribution in [3.8, 4) is 0 Å². The van der Waals surface area contributed by atoms with Gasteiger partial charge in [-0.15, -0.1) is 0 Å². The number of nitrogens with zero attached hydrogens (tertiary/aromatic N) is 2. The monoisotopic (exact) mass is 443 g/mol. The normalized spacial score (nSPS) is 16.9. The zero-order chi connectivity index (χ0) is 22.0. The van der Waals surface area contributed by atoms with Crippen molar-refractivity contribution in [2.45, 2.75) is 38.9 Å². The Morgan fingerprint density at radius 1 is 1.29 bits per heavy atom. The van der Waals surface area contributed by atoms with Crippen molar-refractivity contribution in [3.63, 3.8) is 0 Å². The Hall–Kier alpha value is -2.41. The molecular weight excluding hydrogens is 417 g/mol. The fourth-order valence-electron chi connectivity index (χ4n) is 4.69. The van der Waals surface area contributed by atoms with E-state index >= 15 is 0 Å².